The number of furan rings is 1. The summed E-state index contributed by atoms with van der Waals surface area (Å²) in [5.74, 6) is 0.962. The Kier molecular flexibility index (Phi) is 14.2. The van der Waals surface area contributed by atoms with Crippen molar-refractivity contribution in [3.05, 3.63) is 171 Å². The van der Waals surface area contributed by atoms with Gasteiger partial charge in [-0.25, -0.2) is 0 Å². The summed E-state index contributed by atoms with van der Waals surface area (Å²) in [5, 5.41) is 1.16. The molecule has 4 heterocycles. The van der Waals surface area contributed by atoms with Gasteiger partial charge in [0.25, 0.3) is 6.71 Å². The van der Waals surface area contributed by atoms with Gasteiger partial charge in [-0.05, 0) is 268 Å². The van der Waals surface area contributed by atoms with E-state index >= 15 is 0 Å². The maximum absolute atomic E-state index is 6.68. The number of nitrogens with zero attached hydrogens (tertiary/aromatic N) is 3. The van der Waals surface area contributed by atoms with Gasteiger partial charge in [-0.1, -0.05) is 139 Å². The van der Waals surface area contributed by atoms with Crippen LogP contribution in [-0.4, -0.2) is 12.3 Å². The van der Waals surface area contributed by atoms with Crippen molar-refractivity contribution >= 4 is 79.6 Å². The van der Waals surface area contributed by atoms with Crippen molar-refractivity contribution in [1.29, 1.82) is 0 Å². The third-order valence-electron chi connectivity index (χ3n) is 23.2. The van der Waals surface area contributed by atoms with Crippen LogP contribution in [0.3, 0.4) is 0 Å². The third kappa shape index (κ3) is 9.35. The Morgan fingerprint density at radius 3 is 1.34 bits per heavy atom. The standard InChI is InChI=1S/C80H90BN3O/c1-79-43-25-26-44-80(79,2)84(71-42-39-64(47-68(71)79)77-52-63-35-23-24-36-76(63)85-77)67-53-74-78-75(54-67)83(66-41-38-56-28-16-8-4-10-18-30-58(56)46-66)73-51-62-34-22-14-6-12-20-32-60(62)49-70(73)81(78)69-48-59-31-19-11-5-13-21-33-61(59)50-72(69)82(74)65-40-37-55-27-15-7-3-9-17-29-57(55)45-65/h23-24,35-42,45-54H,3-22,25-34,43-44H2,1-2H3. The van der Waals surface area contributed by atoms with Gasteiger partial charge in [0.2, 0.25) is 0 Å². The van der Waals surface area contributed by atoms with Gasteiger partial charge in [0.15, 0.2) is 0 Å². The Balaban J connectivity index is 0.990. The fourth-order valence-electron chi connectivity index (χ4n) is 18.4. The molecule has 2 atom stereocenters. The Bertz CT molecular complexity index is 3670. The summed E-state index contributed by atoms with van der Waals surface area (Å²) in [7, 11) is 0. The van der Waals surface area contributed by atoms with Crippen LogP contribution in [0.25, 0.3) is 22.3 Å². The molecule has 3 aliphatic heterocycles. The highest BCUT2D eigenvalue weighted by molar-refractivity contribution is 7.00. The normalized spacial score (nSPS) is 22.4. The summed E-state index contributed by atoms with van der Waals surface area (Å²) in [4.78, 5) is 8.60. The molecule has 2 unspecified atom stereocenters. The fraction of sp³-hybridized carbons (Fsp3) is 0.450. The highest BCUT2D eigenvalue weighted by Gasteiger charge is 2.58. The van der Waals surface area contributed by atoms with Crippen LogP contribution >= 0.6 is 0 Å². The molecule has 8 aliphatic rings. The van der Waals surface area contributed by atoms with Crippen LogP contribution in [0.15, 0.2) is 126 Å². The molecule has 16 rings (SSSR count). The van der Waals surface area contributed by atoms with Crippen LogP contribution in [0.1, 0.15) is 218 Å². The van der Waals surface area contributed by atoms with E-state index in [0.717, 1.165) is 55.3 Å². The van der Waals surface area contributed by atoms with Crippen LogP contribution < -0.4 is 31.1 Å². The largest absolute Gasteiger partial charge is 0.456 e. The number of para-hydroxylation sites is 1. The summed E-state index contributed by atoms with van der Waals surface area (Å²) in [6, 6.07) is 50.5. The summed E-state index contributed by atoms with van der Waals surface area (Å²) in [6.45, 7) is 5.38. The smallest absolute Gasteiger partial charge is 0.252 e. The van der Waals surface area contributed by atoms with Gasteiger partial charge in [0.05, 0.1) is 5.54 Å². The molecule has 0 radical (unpaired) electrons. The predicted octanol–water partition coefficient (Wildman–Crippen LogP) is 20.1. The van der Waals surface area contributed by atoms with E-state index < -0.39 is 0 Å². The number of fused-ring (bicyclic) bond motifs is 12. The lowest BCUT2D eigenvalue weighted by atomic mass is 9.33. The first-order valence-electron chi connectivity index (χ1n) is 34.7. The molecule has 1 aromatic heterocycles. The van der Waals surface area contributed by atoms with Crippen molar-refractivity contribution in [3.8, 4) is 11.3 Å². The molecule has 0 spiro atoms. The van der Waals surface area contributed by atoms with Crippen molar-refractivity contribution in [2.75, 3.05) is 14.7 Å². The molecule has 4 nitrogen and oxygen atoms in total. The Morgan fingerprint density at radius 1 is 0.365 bits per heavy atom. The van der Waals surface area contributed by atoms with Crippen LogP contribution in [0.2, 0.25) is 0 Å². The van der Waals surface area contributed by atoms with E-state index in [1.165, 1.54) is 240 Å². The topological polar surface area (TPSA) is 22.9 Å². The molecule has 0 saturated heterocycles. The molecular formula is C80H90BN3O. The number of aryl methyl sites for hydroxylation is 8. The Morgan fingerprint density at radius 2 is 0.824 bits per heavy atom. The van der Waals surface area contributed by atoms with Crippen molar-refractivity contribution in [1.82, 2.24) is 0 Å². The van der Waals surface area contributed by atoms with Gasteiger partial charge < -0.3 is 19.1 Å². The van der Waals surface area contributed by atoms with Crippen LogP contribution in [-0.2, 0) is 56.8 Å². The lowest BCUT2D eigenvalue weighted by Gasteiger charge is -2.51. The van der Waals surface area contributed by atoms with E-state index in [1.54, 1.807) is 44.5 Å². The first-order chi connectivity index (χ1) is 41.9. The van der Waals surface area contributed by atoms with Gasteiger partial charge in [0, 0.05) is 61.9 Å². The summed E-state index contributed by atoms with van der Waals surface area (Å²) < 4.78 is 6.68. The molecule has 434 valence electrons. The maximum atomic E-state index is 6.68. The lowest BCUT2D eigenvalue weighted by Crippen LogP contribution is -2.62. The Labute approximate surface area is 508 Å². The quantitative estimate of drug-likeness (QED) is 0.164. The van der Waals surface area contributed by atoms with Crippen molar-refractivity contribution < 1.29 is 4.42 Å². The molecule has 5 heteroatoms. The van der Waals surface area contributed by atoms with Crippen LogP contribution in [0.5, 0.6) is 0 Å². The lowest BCUT2D eigenvalue weighted by molar-refractivity contribution is 0.195. The van der Waals surface area contributed by atoms with Crippen molar-refractivity contribution in [2.24, 2.45) is 0 Å². The molecule has 0 bridgehead atoms. The van der Waals surface area contributed by atoms with Gasteiger partial charge >= 0.3 is 0 Å². The van der Waals surface area contributed by atoms with E-state index in [9.17, 15) is 0 Å². The van der Waals surface area contributed by atoms with E-state index in [1.807, 2.05) is 0 Å². The van der Waals surface area contributed by atoms with E-state index in [0.29, 0.717) is 0 Å². The average molecular weight is 1120 g/mol. The molecule has 0 N–H and O–H groups in total. The number of hydrogen-bond acceptors (Lipinski definition) is 4. The van der Waals surface area contributed by atoms with Gasteiger partial charge in [-0.15, -0.1) is 0 Å². The highest BCUT2D eigenvalue weighted by atomic mass is 16.3. The average Bonchev–Trinajstić information content (AvgIpc) is 1.76. The molecule has 1 saturated carbocycles. The number of anilines is 8. The van der Waals surface area contributed by atoms with Crippen molar-refractivity contribution in [2.45, 2.75) is 230 Å². The zero-order chi connectivity index (χ0) is 56.6. The Hall–Kier alpha value is -6.46. The minimum absolute atomic E-state index is 0.0796. The minimum atomic E-state index is -0.167. The second-order valence-electron chi connectivity index (χ2n) is 28.4. The van der Waals surface area contributed by atoms with E-state index in [2.05, 4.69) is 150 Å². The molecular weight excluding hydrogens is 1030 g/mol. The predicted molar refractivity (Wildman–Crippen MR) is 360 cm³/mol. The number of rotatable bonds is 4. The zero-order valence-corrected chi connectivity index (χ0v) is 51.5. The van der Waals surface area contributed by atoms with Gasteiger partial charge in [-0.3, -0.25) is 0 Å². The summed E-state index contributed by atoms with van der Waals surface area (Å²) in [5.41, 5.74) is 31.6. The van der Waals surface area contributed by atoms with E-state index in [-0.39, 0.29) is 17.7 Å². The second-order valence-corrected chi connectivity index (χ2v) is 28.4. The van der Waals surface area contributed by atoms with Crippen LogP contribution in [0.4, 0.5) is 45.5 Å². The highest BCUT2D eigenvalue weighted by Crippen LogP contribution is 2.62. The molecule has 1 fully saturated rings. The first-order valence-corrected chi connectivity index (χ1v) is 34.7. The zero-order valence-electron chi connectivity index (χ0n) is 51.5. The summed E-state index contributed by atoms with van der Waals surface area (Å²) >= 11 is 0. The minimum Gasteiger partial charge on any atom is -0.456 e. The third-order valence-corrected chi connectivity index (χ3v) is 23.2. The molecule has 7 aromatic carbocycles. The molecule has 5 aliphatic carbocycles. The van der Waals surface area contributed by atoms with Crippen LogP contribution in [0, 0.1) is 0 Å². The second kappa shape index (κ2) is 22.4. The number of benzene rings is 7. The monoisotopic (exact) mass is 1120 g/mol. The summed E-state index contributed by atoms with van der Waals surface area (Å²) in [6.07, 6.45) is 40.5. The van der Waals surface area contributed by atoms with Gasteiger partial charge in [0.1, 0.15) is 11.3 Å². The number of hydrogen-bond donors (Lipinski definition) is 0. The first kappa shape index (κ1) is 54.0. The molecule has 0 amide bonds. The maximum Gasteiger partial charge on any atom is 0.252 e. The van der Waals surface area contributed by atoms with Crippen molar-refractivity contribution in [3.63, 3.8) is 0 Å². The van der Waals surface area contributed by atoms with E-state index in [4.69, 9.17) is 4.42 Å². The molecule has 85 heavy (non-hydrogen) atoms. The SMILES string of the molecule is CC12CCCCC1(C)N(c1cc3c4c(c1)N(c1ccc5c(c1)CCCCCCC5)c1cc5c(cc1B4c1cc4c(cc1N3c1ccc3c(c1)CCCCCCC3)CCCCCCC4)CCCCCCC5)c1ccc(-c3cc4ccccc4o3)cc12. The molecule has 8 aromatic rings. The fourth-order valence-corrected chi connectivity index (χ4v) is 18.4. The van der Waals surface area contributed by atoms with Gasteiger partial charge in [-0.2, -0.15) is 0 Å².